The van der Waals surface area contributed by atoms with Crippen LogP contribution in [0.3, 0.4) is 0 Å². The molecule has 0 fully saturated rings. The van der Waals surface area contributed by atoms with E-state index in [1.807, 2.05) is 72.8 Å². The maximum atomic E-state index is 13.1. The number of Topliss-reactive ketones (excluding diaryl/α,β-unsaturated/α-hetero) is 1. The first-order chi connectivity index (χ1) is 14.1. The predicted octanol–water partition coefficient (Wildman–Crippen LogP) is 4.62. The number of allylic oxidation sites excluding steroid dienone is 1. The molecular formula is C25H19NO2S. The Bertz CT molecular complexity index is 1130. The van der Waals surface area contributed by atoms with Gasteiger partial charge in [0.05, 0.1) is 18.3 Å². The Labute approximate surface area is 174 Å². The summed E-state index contributed by atoms with van der Waals surface area (Å²) < 4.78 is 14.5. The van der Waals surface area contributed by atoms with Gasteiger partial charge in [-0.1, -0.05) is 72.5 Å². The van der Waals surface area contributed by atoms with E-state index in [0.29, 0.717) is 17.7 Å². The Morgan fingerprint density at radius 3 is 2.41 bits per heavy atom. The summed E-state index contributed by atoms with van der Waals surface area (Å²) >= 11 is -1.54. The summed E-state index contributed by atoms with van der Waals surface area (Å²) in [4.78, 5) is 13.4. The van der Waals surface area contributed by atoms with Crippen molar-refractivity contribution in [1.29, 1.82) is 0 Å². The monoisotopic (exact) mass is 397 g/mol. The van der Waals surface area contributed by atoms with Crippen LogP contribution in [0, 0.1) is 11.8 Å². The van der Waals surface area contributed by atoms with Crippen LogP contribution < -0.4 is 4.31 Å². The van der Waals surface area contributed by atoms with Crippen LogP contribution in [0.2, 0.25) is 0 Å². The molecule has 3 nitrogen and oxygen atoms in total. The summed E-state index contributed by atoms with van der Waals surface area (Å²) in [5, 5.41) is 0. The van der Waals surface area contributed by atoms with Crippen molar-refractivity contribution in [3.8, 4) is 11.8 Å². The highest BCUT2D eigenvalue weighted by atomic mass is 32.2. The summed E-state index contributed by atoms with van der Waals surface area (Å²) in [5.41, 5.74) is 3.96. The van der Waals surface area contributed by atoms with E-state index >= 15 is 0 Å². The van der Waals surface area contributed by atoms with Gasteiger partial charge in [0.15, 0.2) is 0 Å². The van der Waals surface area contributed by atoms with E-state index in [9.17, 15) is 9.35 Å². The van der Waals surface area contributed by atoms with E-state index in [0.717, 1.165) is 16.7 Å². The molecule has 0 saturated carbocycles. The summed E-state index contributed by atoms with van der Waals surface area (Å²) in [5.74, 6) is 6.08. The number of benzene rings is 3. The maximum Gasteiger partial charge on any atom is 0.245 e. The van der Waals surface area contributed by atoms with Gasteiger partial charge in [-0.05, 0) is 29.3 Å². The molecule has 1 aliphatic rings. The van der Waals surface area contributed by atoms with Gasteiger partial charge >= 0.3 is 0 Å². The van der Waals surface area contributed by atoms with Gasteiger partial charge in [-0.2, -0.15) is 4.31 Å². The molecule has 142 valence electrons. The standard InChI is InChI=1S/C25H19NO2S/c1-26-23-16-15-21(14-8-13-19-9-4-2-5-10-19)17-22(23)25(27)24(29(26)28)18-20-11-6-3-7-12-20/h2-7,9-12,15-18H,13H2,1H3/b24-18+. The minimum Gasteiger partial charge on any atom is -0.588 e. The van der Waals surface area contributed by atoms with Crippen molar-refractivity contribution < 1.29 is 9.35 Å². The first-order valence-corrected chi connectivity index (χ1v) is 10.4. The van der Waals surface area contributed by atoms with E-state index in [2.05, 4.69) is 11.8 Å². The summed E-state index contributed by atoms with van der Waals surface area (Å²) in [7, 11) is 1.74. The van der Waals surface area contributed by atoms with Crippen LogP contribution in [0.1, 0.15) is 27.0 Å². The zero-order valence-corrected chi connectivity index (χ0v) is 16.8. The molecule has 0 saturated heterocycles. The van der Waals surface area contributed by atoms with Gasteiger partial charge in [0.2, 0.25) is 10.7 Å². The summed E-state index contributed by atoms with van der Waals surface area (Å²) in [6.45, 7) is 0. The first-order valence-electron chi connectivity index (χ1n) is 9.27. The van der Waals surface area contributed by atoms with Crippen LogP contribution in [0.5, 0.6) is 0 Å². The Hall–Kier alpha value is -3.26. The maximum absolute atomic E-state index is 13.1. The highest BCUT2D eigenvalue weighted by Crippen LogP contribution is 2.35. The van der Waals surface area contributed by atoms with Crippen molar-refractivity contribution in [1.82, 2.24) is 0 Å². The molecular weight excluding hydrogens is 378 g/mol. The second-order valence-electron chi connectivity index (χ2n) is 6.69. The van der Waals surface area contributed by atoms with E-state index in [-0.39, 0.29) is 10.7 Å². The van der Waals surface area contributed by atoms with Crippen LogP contribution in [0.25, 0.3) is 6.08 Å². The van der Waals surface area contributed by atoms with Gasteiger partial charge in [-0.15, -0.1) is 0 Å². The SMILES string of the molecule is CN1c2ccc(C#CCc3ccccc3)cc2C(=O)/C(=C\c2ccccc2)[S+]1[O-]. The van der Waals surface area contributed by atoms with E-state index in [4.69, 9.17) is 0 Å². The average Bonchev–Trinajstić information content (AvgIpc) is 2.76. The van der Waals surface area contributed by atoms with Crippen molar-refractivity contribution >= 4 is 28.9 Å². The van der Waals surface area contributed by atoms with Crippen LogP contribution >= 0.6 is 0 Å². The van der Waals surface area contributed by atoms with E-state index in [1.165, 1.54) is 0 Å². The normalized spacial score (nSPS) is 16.9. The van der Waals surface area contributed by atoms with Crippen molar-refractivity contribution in [2.75, 3.05) is 11.4 Å². The van der Waals surface area contributed by atoms with E-state index < -0.39 is 11.4 Å². The number of carbonyl (C=O) groups excluding carboxylic acids is 1. The summed E-state index contributed by atoms with van der Waals surface area (Å²) in [6.07, 6.45) is 2.35. The number of ketones is 1. The number of hydrogen-bond acceptors (Lipinski definition) is 3. The Kier molecular flexibility index (Phi) is 5.53. The molecule has 1 aliphatic heterocycles. The molecule has 4 rings (SSSR count). The van der Waals surface area contributed by atoms with Gasteiger partial charge in [0.25, 0.3) is 0 Å². The Balaban J connectivity index is 1.65. The molecule has 0 radical (unpaired) electrons. The Morgan fingerprint density at radius 1 is 1.00 bits per heavy atom. The second-order valence-corrected chi connectivity index (χ2v) is 8.18. The molecule has 1 unspecified atom stereocenters. The molecule has 0 amide bonds. The third kappa shape index (κ3) is 4.12. The zero-order chi connectivity index (χ0) is 20.2. The first kappa shape index (κ1) is 19.1. The molecule has 0 spiro atoms. The lowest BCUT2D eigenvalue weighted by atomic mass is 10.0. The number of anilines is 1. The van der Waals surface area contributed by atoms with Crippen molar-refractivity contribution in [2.24, 2.45) is 0 Å². The van der Waals surface area contributed by atoms with Gasteiger partial charge in [0, 0.05) is 18.1 Å². The fraction of sp³-hybridized carbons (Fsp3) is 0.0800. The minimum atomic E-state index is -1.54. The van der Waals surface area contributed by atoms with Gasteiger partial charge < -0.3 is 4.55 Å². The number of hydrogen-bond donors (Lipinski definition) is 0. The molecule has 29 heavy (non-hydrogen) atoms. The van der Waals surface area contributed by atoms with Crippen LogP contribution in [-0.4, -0.2) is 17.4 Å². The second kappa shape index (κ2) is 8.40. The number of nitrogens with zero attached hydrogens (tertiary/aromatic N) is 1. The van der Waals surface area contributed by atoms with E-state index in [1.54, 1.807) is 23.5 Å². The quantitative estimate of drug-likeness (QED) is 0.360. The Morgan fingerprint density at radius 2 is 1.69 bits per heavy atom. The molecule has 0 N–H and O–H groups in total. The van der Waals surface area contributed by atoms with Gasteiger partial charge in [-0.3, -0.25) is 4.79 Å². The van der Waals surface area contributed by atoms with Crippen molar-refractivity contribution in [3.63, 3.8) is 0 Å². The lowest BCUT2D eigenvalue weighted by Gasteiger charge is -2.29. The van der Waals surface area contributed by atoms with Crippen molar-refractivity contribution in [3.05, 3.63) is 106 Å². The third-order valence-electron chi connectivity index (χ3n) is 4.71. The van der Waals surface area contributed by atoms with Crippen LogP contribution in [0.4, 0.5) is 5.69 Å². The van der Waals surface area contributed by atoms with Gasteiger partial charge in [-0.25, -0.2) is 0 Å². The van der Waals surface area contributed by atoms with Gasteiger partial charge in [0.1, 0.15) is 11.4 Å². The smallest absolute Gasteiger partial charge is 0.245 e. The summed E-state index contributed by atoms with van der Waals surface area (Å²) in [6, 6.07) is 25.0. The molecule has 0 bridgehead atoms. The van der Waals surface area contributed by atoms with Crippen LogP contribution in [-0.2, 0) is 17.8 Å². The molecule has 1 atom stereocenters. The fourth-order valence-corrected chi connectivity index (χ4v) is 4.32. The lowest BCUT2D eigenvalue weighted by Crippen LogP contribution is -2.36. The zero-order valence-electron chi connectivity index (χ0n) is 16.0. The molecule has 0 aliphatic carbocycles. The molecule has 0 aromatic heterocycles. The minimum absolute atomic E-state index is 0.216. The molecule has 4 heteroatoms. The number of rotatable bonds is 2. The average molecular weight is 397 g/mol. The molecule has 3 aromatic rings. The number of carbonyl (C=O) groups is 1. The fourth-order valence-electron chi connectivity index (χ4n) is 3.18. The molecule has 3 aromatic carbocycles. The highest BCUT2D eigenvalue weighted by Gasteiger charge is 2.38. The van der Waals surface area contributed by atoms with Crippen molar-refractivity contribution in [2.45, 2.75) is 6.42 Å². The highest BCUT2D eigenvalue weighted by molar-refractivity contribution is 7.97. The lowest BCUT2D eigenvalue weighted by molar-refractivity contribution is 0.104. The number of fused-ring (bicyclic) bond motifs is 1. The largest absolute Gasteiger partial charge is 0.588 e. The van der Waals surface area contributed by atoms with Crippen LogP contribution in [0.15, 0.2) is 83.8 Å². The topological polar surface area (TPSA) is 43.4 Å². The molecule has 1 heterocycles. The third-order valence-corrected chi connectivity index (χ3v) is 6.08. The predicted molar refractivity (Wildman–Crippen MR) is 119 cm³/mol.